The Labute approximate surface area is 175 Å². The number of hydrogen-bond donors (Lipinski definition) is 0. The number of benzene rings is 2. The van der Waals surface area contributed by atoms with Gasteiger partial charge in [0, 0.05) is 41.1 Å². The number of ether oxygens (including phenoxy) is 1. The molecule has 0 bridgehead atoms. The summed E-state index contributed by atoms with van der Waals surface area (Å²) in [6, 6.07) is 15.2. The Morgan fingerprint density at radius 2 is 2.07 bits per heavy atom. The second-order valence-corrected chi connectivity index (χ2v) is 7.80. The van der Waals surface area contributed by atoms with Crippen molar-refractivity contribution < 1.29 is 9.53 Å². The number of ketones is 1. The van der Waals surface area contributed by atoms with E-state index in [-0.39, 0.29) is 11.7 Å². The number of nitrogens with zero attached hydrogens (tertiary/aromatic N) is 3. The van der Waals surface area contributed by atoms with Crippen LogP contribution in [0.25, 0.3) is 5.69 Å². The van der Waals surface area contributed by atoms with E-state index in [0.717, 1.165) is 43.2 Å². The number of carbonyl (C=O) groups excluding carboxylic acids is 1. The second-order valence-electron chi connectivity index (χ2n) is 7.36. The topological polar surface area (TPSA) is 47.4 Å². The zero-order chi connectivity index (χ0) is 20.2. The van der Waals surface area contributed by atoms with Gasteiger partial charge in [0.15, 0.2) is 5.78 Å². The van der Waals surface area contributed by atoms with Crippen LogP contribution in [0.4, 0.5) is 0 Å². The van der Waals surface area contributed by atoms with Gasteiger partial charge in [0.1, 0.15) is 11.6 Å². The molecule has 150 valence electrons. The summed E-state index contributed by atoms with van der Waals surface area (Å²) in [6.07, 6.45) is 5.70. The molecule has 4 rings (SSSR count). The van der Waals surface area contributed by atoms with E-state index in [1.54, 1.807) is 19.2 Å². The van der Waals surface area contributed by atoms with E-state index in [0.29, 0.717) is 17.1 Å². The fourth-order valence-corrected chi connectivity index (χ4v) is 4.11. The number of aromatic nitrogens is 2. The minimum absolute atomic E-state index is 0.00776. The zero-order valence-corrected chi connectivity index (χ0v) is 17.2. The first-order chi connectivity index (χ1) is 14.1. The van der Waals surface area contributed by atoms with Crippen molar-refractivity contribution in [3.63, 3.8) is 0 Å². The molecule has 2 heterocycles. The van der Waals surface area contributed by atoms with Crippen molar-refractivity contribution in [2.75, 3.05) is 20.2 Å². The van der Waals surface area contributed by atoms with Gasteiger partial charge in [-0.15, -0.1) is 0 Å². The van der Waals surface area contributed by atoms with Gasteiger partial charge in [-0.05, 0) is 55.8 Å². The molecule has 1 aliphatic rings. The van der Waals surface area contributed by atoms with Crippen LogP contribution in [0.2, 0.25) is 5.02 Å². The van der Waals surface area contributed by atoms with Gasteiger partial charge < -0.3 is 9.30 Å². The lowest BCUT2D eigenvalue weighted by Gasteiger charge is -2.31. The minimum atomic E-state index is -0.00776. The third kappa shape index (κ3) is 4.52. The Hall–Kier alpha value is -2.63. The first-order valence-corrected chi connectivity index (χ1v) is 10.2. The van der Waals surface area contributed by atoms with Gasteiger partial charge in [0.2, 0.25) is 0 Å². The summed E-state index contributed by atoms with van der Waals surface area (Å²) in [6.45, 7) is 2.41. The highest BCUT2D eigenvalue weighted by Crippen LogP contribution is 2.24. The lowest BCUT2D eigenvalue weighted by molar-refractivity contribution is 0.0808. The molecule has 2 aromatic carbocycles. The van der Waals surface area contributed by atoms with Gasteiger partial charge in [0.25, 0.3) is 0 Å². The van der Waals surface area contributed by atoms with E-state index < -0.39 is 0 Å². The monoisotopic (exact) mass is 409 g/mol. The number of methoxy groups -OCH3 is 1. The molecule has 0 saturated carbocycles. The van der Waals surface area contributed by atoms with Crippen LogP contribution in [0.15, 0.2) is 60.9 Å². The number of hydrogen-bond acceptors (Lipinski definition) is 4. The molecule has 1 atom stereocenters. The standard InChI is InChI=1S/C23H24ClN3O2/c1-29-21-9-7-20(8-10-21)27-13-11-25-22(27)16-26-12-3-5-18(15-26)23(28)17-4-2-6-19(24)14-17/h2,4,6-11,13-14,18H,3,5,12,15-16H2,1H3. The molecule has 6 heteroatoms. The highest BCUT2D eigenvalue weighted by atomic mass is 35.5. The molecular formula is C23H24ClN3O2. The SMILES string of the molecule is COc1ccc(-n2ccnc2CN2CCCC(C(=O)c3cccc(Cl)c3)C2)cc1. The molecule has 0 amide bonds. The van der Waals surface area contributed by atoms with Crippen LogP contribution < -0.4 is 4.74 Å². The lowest BCUT2D eigenvalue weighted by atomic mass is 9.90. The molecular weight excluding hydrogens is 386 g/mol. The first kappa shape index (κ1) is 19.7. The number of carbonyl (C=O) groups is 1. The van der Waals surface area contributed by atoms with Crippen molar-refractivity contribution in [2.45, 2.75) is 19.4 Å². The van der Waals surface area contributed by atoms with Crippen LogP contribution in [-0.4, -0.2) is 40.4 Å². The summed E-state index contributed by atoms with van der Waals surface area (Å²) in [5.74, 6) is 1.96. The van der Waals surface area contributed by atoms with Crippen LogP contribution in [0.5, 0.6) is 5.75 Å². The van der Waals surface area contributed by atoms with Gasteiger partial charge >= 0.3 is 0 Å². The van der Waals surface area contributed by atoms with Crippen LogP contribution in [0.1, 0.15) is 29.0 Å². The maximum Gasteiger partial charge on any atom is 0.167 e. The average Bonchev–Trinajstić information content (AvgIpc) is 3.21. The third-order valence-electron chi connectivity index (χ3n) is 5.42. The van der Waals surface area contributed by atoms with Crippen molar-refractivity contribution >= 4 is 17.4 Å². The fourth-order valence-electron chi connectivity index (χ4n) is 3.92. The minimum Gasteiger partial charge on any atom is -0.497 e. The highest BCUT2D eigenvalue weighted by Gasteiger charge is 2.27. The lowest BCUT2D eigenvalue weighted by Crippen LogP contribution is -2.38. The Kier molecular flexibility index (Phi) is 5.97. The molecule has 1 aromatic heterocycles. The summed E-state index contributed by atoms with van der Waals surface area (Å²) in [5.41, 5.74) is 1.74. The molecule has 0 N–H and O–H groups in total. The largest absolute Gasteiger partial charge is 0.497 e. The van der Waals surface area contributed by atoms with Crippen LogP contribution >= 0.6 is 11.6 Å². The Morgan fingerprint density at radius 1 is 1.24 bits per heavy atom. The molecule has 29 heavy (non-hydrogen) atoms. The molecule has 0 aliphatic carbocycles. The Bertz CT molecular complexity index is 984. The zero-order valence-electron chi connectivity index (χ0n) is 16.4. The first-order valence-electron chi connectivity index (χ1n) is 9.83. The van der Waals surface area contributed by atoms with E-state index >= 15 is 0 Å². The molecule has 0 spiro atoms. The second kappa shape index (κ2) is 8.80. The van der Waals surface area contributed by atoms with Gasteiger partial charge in [-0.2, -0.15) is 0 Å². The van der Waals surface area contributed by atoms with Crippen molar-refractivity contribution in [3.8, 4) is 11.4 Å². The van der Waals surface area contributed by atoms with Crippen molar-refractivity contribution in [1.29, 1.82) is 0 Å². The van der Waals surface area contributed by atoms with Crippen LogP contribution in [0.3, 0.4) is 0 Å². The maximum atomic E-state index is 12.9. The number of imidazole rings is 1. The van der Waals surface area contributed by atoms with E-state index in [4.69, 9.17) is 16.3 Å². The van der Waals surface area contributed by atoms with Gasteiger partial charge in [-0.1, -0.05) is 23.7 Å². The van der Waals surface area contributed by atoms with E-state index in [1.807, 2.05) is 48.8 Å². The Balaban J connectivity index is 1.46. The smallest absolute Gasteiger partial charge is 0.167 e. The van der Waals surface area contributed by atoms with Crippen LogP contribution in [0, 0.1) is 5.92 Å². The van der Waals surface area contributed by atoms with E-state index in [2.05, 4.69) is 14.5 Å². The molecule has 1 aliphatic heterocycles. The summed E-state index contributed by atoms with van der Waals surface area (Å²) >= 11 is 6.06. The Morgan fingerprint density at radius 3 is 2.83 bits per heavy atom. The quantitative estimate of drug-likeness (QED) is 0.557. The van der Waals surface area contributed by atoms with Crippen molar-refractivity contribution in [1.82, 2.24) is 14.5 Å². The summed E-state index contributed by atoms with van der Waals surface area (Å²) in [5, 5.41) is 0.602. The number of halogens is 1. The molecule has 1 saturated heterocycles. The predicted molar refractivity (Wildman–Crippen MR) is 114 cm³/mol. The summed E-state index contributed by atoms with van der Waals surface area (Å²) in [7, 11) is 1.66. The molecule has 0 radical (unpaired) electrons. The average molecular weight is 410 g/mol. The molecule has 1 unspecified atom stereocenters. The van der Waals surface area contributed by atoms with Crippen molar-refractivity contribution in [2.24, 2.45) is 5.92 Å². The third-order valence-corrected chi connectivity index (χ3v) is 5.65. The van der Waals surface area contributed by atoms with Gasteiger partial charge in [-0.25, -0.2) is 4.98 Å². The number of Topliss-reactive ketones (excluding diaryl/α,β-unsaturated/α-hetero) is 1. The normalized spacial score (nSPS) is 17.2. The van der Waals surface area contributed by atoms with Gasteiger partial charge in [-0.3, -0.25) is 9.69 Å². The molecule has 3 aromatic rings. The fraction of sp³-hybridized carbons (Fsp3) is 0.304. The number of rotatable bonds is 6. The van der Waals surface area contributed by atoms with Gasteiger partial charge in [0.05, 0.1) is 13.7 Å². The molecule has 5 nitrogen and oxygen atoms in total. The number of piperidine rings is 1. The predicted octanol–water partition coefficient (Wildman–Crippen LogP) is 4.63. The summed E-state index contributed by atoms with van der Waals surface area (Å²) < 4.78 is 7.33. The van der Waals surface area contributed by atoms with E-state index in [1.165, 1.54) is 0 Å². The summed E-state index contributed by atoms with van der Waals surface area (Å²) in [4.78, 5) is 19.8. The highest BCUT2D eigenvalue weighted by molar-refractivity contribution is 6.31. The number of likely N-dealkylation sites (tertiary alicyclic amines) is 1. The van der Waals surface area contributed by atoms with Crippen LogP contribution in [-0.2, 0) is 6.54 Å². The van der Waals surface area contributed by atoms with E-state index in [9.17, 15) is 4.79 Å². The van der Waals surface area contributed by atoms with Crippen molar-refractivity contribution in [3.05, 3.63) is 77.3 Å². The molecule has 1 fully saturated rings. The maximum absolute atomic E-state index is 12.9.